The van der Waals surface area contributed by atoms with Crippen molar-refractivity contribution in [3.05, 3.63) is 70.2 Å². The molecule has 0 bridgehead atoms. The second kappa shape index (κ2) is 21.1. The van der Waals surface area contributed by atoms with E-state index in [2.05, 4.69) is 28.7 Å². The van der Waals surface area contributed by atoms with Crippen LogP contribution in [0, 0.1) is 0 Å². The summed E-state index contributed by atoms with van der Waals surface area (Å²) in [4.78, 5) is 15.0. The van der Waals surface area contributed by atoms with E-state index in [0.717, 1.165) is 24.5 Å². The van der Waals surface area contributed by atoms with Gasteiger partial charge in [-0.1, -0.05) is 114 Å². The van der Waals surface area contributed by atoms with Crippen molar-refractivity contribution in [2.24, 2.45) is 0 Å². The number of halogens is 2. The van der Waals surface area contributed by atoms with E-state index in [1.54, 1.807) is 30.0 Å². The Morgan fingerprint density at radius 3 is 2.02 bits per heavy atom. The molecule has 2 aromatic carbocycles. The molecule has 7 heteroatoms. The Balaban J connectivity index is 0.00000560. The number of carbonyl (C=O) groups is 1. The Labute approximate surface area is 262 Å². The van der Waals surface area contributed by atoms with E-state index in [1.807, 2.05) is 24.3 Å². The minimum Gasteiger partial charge on any atom is -0.492 e. The molecule has 0 radical (unpaired) electrons. The summed E-state index contributed by atoms with van der Waals surface area (Å²) in [6.45, 7) is 3.80. The fraction of sp³-hybridized carbons (Fsp3) is 0.545. The standard InChI is InChI=1S/C33H47ClN2O2S.BrH/c1-2-3-4-5-6-7-8-9-10-11-12-13-14-15-23-38-32-21-18-29(25-31(32)34)33(37)35-30-19-16-28(17-20-30)26-36-22-24-39-27-36;/h16-22,24-25H,2-15,23,26-27H2,1H3,(H,35,37);1H. The number of nitrogens with one attached hydrogen (secondary N) is 1. The topological polar surface area (TPSA) is 41.6 Å². The maximum atomic E-state index is 12.7. The van der Waals surface area contributed by atoms with Crippen molar-refractivity contribution in [1.82, 2.24) is 4.90 Å². The van der Waals surface area contributed by atoms with Crippen LogP contribution in [0.1, 0.15) is 113 Å². The normalized spacial score (nSPS) is 12.4. The fourth-order valence-corrected chi connectivity index (χ4v) is 5.73. The number of rotatable bonds is 20. The summed E-state index contributed by atoms with van der Waals surface area (Å²) in [5.41, 5.74) is 2.50. The molecule has 1 N–H and O–H groups in total. The van der Waals surface area contributed by atoms with E-state index >= 15 is 0 Å². The van der Waals surface area contributed by atoms with E-state index in [1.165, 1.54) is 89.0 Å². The van der Waals surface area contributed by atoms with Crippen LogP contribution in [0.3, 0.4) is 0 Å². The molecule has 0 saturated carbocycles. The average Bonchev–Trinajstić information content (AvgIpc) is 3.45. The second-order valence-corrected chi connectivity index (χ2v) is 11.8. The van der Waals surface area contributed by atoms with Crippen LogP contribution in [-0.2, 0) is 6.54 Å². The maximum absolute atomic E-state index is 12.7. The lowest BCUT2D eigenvalue weighted by molar-refractivity contribution is 0.102. The van der Waals surface area contributed by atoms with Crippen molar-refractivity contribution in [1.29, 1.82) is 0 Å². The van der Waals surface area contributed by atoms with E-state index in [9.17, 15) is 4.79 Å². The van der Waals surface area contributed by atoms with Crippen LogP contribution in [0.25, 0.3) is 0 Å². The predicted molar refractivity (Wildman–Crippen MR) is 179 cm³/mol. The first-order chi connectivity index (χ1) is 19.2. The molecule has 1 heterocycles. The first-order valence-corrected chi connectivity index (χ1v) is 16.4. The molecule has 0 saturated heterocycles. The van der Waals surface area contributed by atoms with Gasteiger partial charge >= 0.3 is 0 Å². The SMILES string of the molecule is Br.CCCCCCCCCCCCCCCCOc1ccc(C(=O)Nc2ccc(CN3C=CSC3)cc2)cc1Cl. The third-order valence-electron chi connectivity index (χ3n) is 7.16. The third-order valence-corrected chi connectivity index (χ3v) is 8.25. The van der Waals surface area contributed by atoms with Crippen LogP contribution in [0.4, 0.5) is 5.69 Å². The number of nitrogens with zero attached hydrogens (tertiary/aromatic N) is 1. The molecule has 2 aromatic rings. The minimum atomic E-state index is -0.179. The quantitative estimate of drug-likeness (QED) is 0.145. The molecule has 4 nitrogen and oxygen atoms in total. The van der Waals surface area contributed by atoms with Gasteiger partial charge in [0.1, 0.15) is 5.75 Å². The maximum Gasteiger partial charge on any atom is 0.255 e. The smallest absolute Gasteiger partial charge is 0.255 e. The Kier molecular flexibility index (Phi) is 18.3. The van der Waals surface area contributed by atoms with Gasteiger partial charge in [-0.25, -0.2) is 0 Å². The highest BCUT2D eigenvalue weighted by Gasteiger charge is 2.11. The number of benzene rings is 2. The number of anilines is 1. The van der Waals surface area contributed by atoms with Crippen LogP contribution in [-0.4, -0.2) is 23.3 Å². The fourth-order valence-electron chi connectivity index (χ4n) is 4.78. The predicted octanol–water partition coefficient (Wildman–Crippen LogP) is 11.0. The van der Waals surface area contributed by atoms with Crippen LogP contribution in [0.15, 0.2) is 54.1 Å². The van der Waals surface area contributed by atoms with Crippen LogP contribution >= 0.6 is 40.3 Å². The molecule has 0 fully saturated rings. The van der Waals surface area contributed by atoms with Gasteiger partial charge in [0.25, 0.3) is 5.91 Å². The summed E-state index contributed by atoms with van der Waals surface area (Å²) in [7, 11) is 0. The van der Waals surface area contributed by atoms with E-state index in [-0.39, 0.29) is 22.9 Å². The zero-order valence-corrected chi connectivity index (χ0v) is 27.5. The molecule has 1 amide bonds. The minimum absolute atomic E-state index is 0. The highest BCUT2D eigenvalue weighted by atomic mass is 79.9. The Morgan fingerprint density at radius 2 is 1.48 bits per heavy atom. The van der Waals surface area contributed by atoms with Gasteiger partial charge in [-0.05, 0) is 47.7 Å². The summed E-state index contributed by atoms with van der Waals surface area (Å²) in [5, 5.41) is 5.54. The first-order valence-electron chi connectivity index (χ1n) is 15.0. The summed E-state index contributed by atoms with van der Waals surface area (Å²) in [6.07, 6.45) is 20.8. The van der Waals surface area contributed by atoms with Gasteiger partial charge in [0.05, 0.1) is 17.5 Å². The average molecular weight is 652 g/mol. The molecular weight excluding hydrogens is 604 g/mol. The van der Waals surface area contributed by atoms with Crippen molar-refractivity contribution in [3.8, 4) is 5.75 Å². The molecule has 0 atom stereocenters. The number of carbonyl (C=O) groups excluding carboxylic acids is 1. The molecule has 0 unspecified atom stereocenters. The monoisotopic (exact) mass is 650 g/mol. The number of unbranched alkanes of at least 4 members (excludes halogenated alkanes) is 13. The lowest BCUT2D eigenvalue weighted by Gasteiger charge is -2.15. The molecule has 0 spiro atoms. The zero-order valence-electron chi connectivity index (χ0n) is 24.2. The molecular formula is C33H48BrClN2O2S. The van der Waals surface area contributed by atoms with Crippen molar-refractivity contribution in [2.45, 2.75) is 103 Å². The van der Waals surface area contributed by atoms with Gasteiger partial charge in [0, 0.05) is 24.0 Å². The number of amides is 1. The highest BCUT2D eigenvalue weighted by molar-refractivity contribution is 8.93. The largest absolute Gasteiger partial charge is 0.492 e. The number of thioether (sulfide) groups is 1. The molecule has 1 aliphatic heterocycles. The first kappa shape index (κ1) is 34.6. The lowest BCUT2D eigenvalue weighted by atomic mass is 10.0. The zero-order chi connectivity index (χ0) is 27.5. The molecule has 1 aliphatic rings. The van der Waals surface area contributed by atoms with Crippen LogP contribution in [0.2, 0.25) is 5.02 Å². The summed E-state index contributed by atoms with van der Waals surface area (Å²) >= 11 is 8.22. The van der Waals surface area contributed by atoms with Crippen molar-refractivity contribution in [2.75, 3.05) is 17.8 Å². The summed E-state index contributed by atoms with van der Waals surface area (Å²) in [5.74, 6) is 1.45. The van der Waals surface area contributed by atoms with Crippen molar-refractivity contribution >= 4 is 51.9 Å². The molecule has 0 aromatic heterocycles. The number of hydrogen-bond acceptors (Lipinski definition) is 4. The van der Waals surface area contributed by atoms with Gasteiger partial charge in [-0.15, -0.1) is 28.7 Å². The molecule has 3 rings (SSSR count). The summed E-state index contributed by atoms with van der Waals surface area (Å²) < 4.78 is 5.89. The van der Waals surface area contributed by atoms with Crippen LogP contribution in [0.5, 0.6) is 5.75 Å². The summed E-state index contributed by atoms with van der Waals surface area (Å²) in [6, 6.07) is 13.2. The van der Waals surface area contributed by atoms with Gasteiger partial charge in [-0.3, -0.25) is 4.79 Å². The Morgan fingerprint density at radius 1 is 0.875 bits per heavy atom. The Bertz CT molecular complexity index is 1000. The molecule has 0 aliphatic carbocycles. The van der Waals surface area contributed by atoms with Gasteiger partial charge in [-0.2, -0.15) is 0 Å². The van der Waals surface area contributed by atoms with Crippen LogP contribution < -0.4 is 10.1 Å². The van der Waals surface area contributed by atoms with E-state index in [0.29, 0.717) is 22.9 Å². The van der Waals surface area contributed by atoms with Crippen molar-refractivity contribution in [3.63, 3.8) is 0 Å². The number of hydrogen-bond donors (Lipinski definition) is 1. The highest BCUT2D eigenvalue weighted by Crippen LogP contribution is 2.26. The second-order valence-electron chi connectivity index (χ2n) is 10.6. The van der Waals surface area contributed by atoms with Gasteiger partial charge in [0.2, 0.25) is 0 Å². The molecule has 40 heavy (non-hydrogen) atoms. The van der Waals surface area contributed by atoms with E-state index in [4.69, 9.17) is 16.3 Å². The Hall–Kier alpha value is -1.63. The molecule has 222 valence electrons. The van der Waals surface area contributed by atoms with Gasteiger partial charge in [0.15, 0.2) is 0 Å². The lowest BCUT2D eigenvalue weighted by Crippen LogP contribution is -2.13. The van der Waals surface area contributed by atoms with Crippen molar-refractivity contribution < 1.29 is 9.53 Å². The van der Waals surface area contributed by atoms with E-state index < -0.39 is 0 Å². The third kappa shape index (κ3) is 13.8. The number of ether oxygens (including phenoxy) is 1. The van der Waals surface area contributed by atoms with Gasteiger partial charge < -0.3 is 15.0 Å².